The minimum Gasteiger partial charge on any atom is -0.392 e. The maximum absolute atomic E-state index is 13.4. The number of aliphatic hydroxyl groups is 1. The van der Waals surface area contributed by atoms with E-state index in [2.05, 4.69) is 15.9 Å². The zero-order valence-corrected chi connectivity index (χ0v) is 11.8. The lowest BCUT2D eigenvalue weighted by Crippen LogP contribution is -2.14. The van der Waals surface area contributed by atoms with Gasteiger partial charge >= 0.3 is 0 Å². The van der Waals surface area contributed by atoms with Crippen LogP contribution in [0.25, 0.3) is 0 Å². The molecule has 96 valence electrons. The molecule has 0 saturated carbocycles. The van der Waals surface area contributed by atoms with Gasteiger partial charge in [0.05, 0.1) is 9.89 Å². The highest BCUT2D eigenvalue weighted by Crippen LogP contribution is 2.24. The zero-order chi connectivity index (χ0) is 13.1. The lowest BCUT2D eigenvalue weighted by atomic mass is 10.0. The van der Waals surface area contributed by atoms with E-state index in [1.54, 1.807) is 0 Å². The van der Waals surface area contributed by atoms with Gasteiger partial charge in [-0.1, -0.05) is 12.1 Å². The second-order valence-corrected chi connectivity index (χ2v) is 6.53. The highest BCUT2D eigenvalue weighted by Gasteiger charge is 2.13. The highest BCUT2D eigenvalue weighted by molar-refractivity contribution is 9.11. The van der Waals surface area contributed by atoms with E-state index in [0.717, 1.165) is 14.7 Å². The molecule has 1 N–H and O–H groups in total. The quantitative estimate of drug-likeness (QED) is 0.899. The average Bonchev–Trinajstić information content (AvgIpc) is 2.70. The molecule has 1 nitrogen and oxygen atoms in total. The summed E-state index contributed by atoms with van der Waals surface area (Å²) in [6, 6.07) is 7.81. The molecular formula is C13H11BrF2OS. The Bertz CT molecular complexity index is 542. The van der Waals surface area contributed by atoms with Crippen LogP contribution >= 0.6 is 27.3 Å². The third-order valence-electron chi connectivity index (χ3n) is 2.55. The maximum Gasteiger partial charge on any atom is 0.162 e. The minimum atomic E-state index is -0.876. The summed E-state index contributed by atoms with van der Waals surface area (Å²) in [5.41, 5.74) is 0.207. The predicted molar refractivity (Wildman–Crippen MR) is 71.8 cm³/mol. The number of hydrogen-bond acceptors (Lipinski definition) is 2. The van der Waals surface area contributed by atoms with E-state index in [0.29, 0.717) is 6.42 Å². The molecule has 2 aromatic rings. The molecule has 0 aliphatic heterocycles. The molecule has 1 atom stereocenters. The van der Waals surface area contributed by atoms with Crippen molar-refractivity contribution in [2.45, 2.75) is 18.9 Å². The number of hydrogen-bond donors (Lipinski definition) is 1. The summed E-state index contributed by atoms with van der Waals surface area (Å²) >= 11 is 4.86. The Kier molecular flexibility index (Phi) is 4.48. The van der Waals surface area contributed by atoms with Crippen molar-refractivity contribution >= 4 is 27.3 Å². The van der Waals surface area contributed by atoms with E-state index in [-0.39, 0.29) is 12.0 Å². The first kappa shape index (κ1) is 13.6. The van der Waals surface area contributed by atoms with Crippen LogP contribution in [0.2, 0.25) is 0 Å². The molecule has 0 radical (unpaired) electrons. The fourth-order valence-corrected chi connectivity index (χ4v) is 3.28. The molecule has 0 aliphatic carbocycles. The lowest BCUT2D eigenvalue weighted by Gasteiger charge is -2.10. The normalized spacial score (nSPS) is 12.7. The van der Waals surface area contributed by atoms with Crippen molar-refractivity contribution in [1.29, 1.82) is 0 Å². The van der Waals surface area contributed by atoms with Gasteiger partial charge in [0, 0.05) is 17.7 Å². The van der Waals surface area contributed by atoms with Gasteiger partial charge in [-0.3, -0.25) is 0 Å². The molecular weight excluding hydrogens is 322 g/mol. The van der Waals surface area contributed by atoms with Gasteiger partial charge in [-0.2, -0.15) is 0 Å². The molecule has 18 heavy (non-hydrogen) atoms. The molecule has 1 unspecified atom stereocenters. The van der Waals surface area contributed by atoms with Crippen molar-refractivity contribution in [3.8, 4) is 0 Å². The Morgan fingerprint density at radius 3 is 2.61 bits per heavy atom. The summed E-state index contributed by atoms with van der Waals surface area (Å²) in [6.07, 6.45) is -0.169. The molecule has 0 amide bonds. The standard InChI is InChI=1S/C13H11BrF2OS/c14-12-5-4-10(18-12)7-9(17)6-8-2-1-3-11(15)13(8)16/h1-5,9,17H,6-7H2. The van der Waals surface area contributed by atoms with Gasteiger partial charge in [0.25, 0.3) is 0 Å². The van der Waals surface area contributed by atoms with E-state index >= 15 is 0 Å². The second kappa shape index (κ2) is 5.91. The van der Waals surface area contributed by atoms with Gasteiger partial charge in [-0.05, 0) is 39.7 Å². The van der Waals surface area contributed by atoms with E-state index in [9.17, 15) is 13.9 Å². The van der Waals surface area contributed by atoms with Crippen LogP contribution in [-0.4, -0.2) is 11.2 Å². The van der Waals surface area contributed by atoms with Gasteiger partial charge in [0.1, 0.15) is 0 Å². The van der Waals surface area contributed by atoms with Gasteiger partial charge in [0.15, 0.2) is 11.6 Å². The number of thiophene rings is 1. The van der Waals surface area contributed by atoms with Crippen molar-refractivity contribution in [3.63, 3.8) is 0 Å². The summed E-state index contributed by atoms with van der Waals surface area (Å²) in [6.45, 7) is 0. The fourth-order valence-electron chi connectivity index (χ4n) is 1.73. The summed E-state index contributed by atoms with van der Waals surface area (Å²) in [5, 5.41) is 9.88. The summed E-state index contributed by atoms with van der Waals surface area (Å²) in [5.74, 6) is -1.75. The van der Waals surface area contributed by atoms with Crippen LogP contribution in [0.4, 0.5) is 8.78 Å². The van der Waals surface area contributed by atoms with Crippen LogP contribution in [-0.2, 0) is 12.8 Å². The first-order valence-corrected chi connectivity index (χ1v) is 7.02. The average molecular weight is 333 g/mol. The van der Waals surface area contributed by atoms with Gasteiger partial charge < -0.3 is 5.11 Å². The number of halogens is 3. The molecule has 5 heteroatoms. The Hall–Kier alpha value is -0.780. The molecule has 0 saturated heterocycles. The van der Waals surface area contributed by atoms with Crippen molar-refractivity contribution in [3.05, 3.63) is 56.2 Å². The first-order valence-electron chi connectivity index (χ1n) is 5.41. The third-order valence-corrected chi connectivity index (χ3v) is 4.20. The Morgan fingerprint density at radius 1 is 1.17 bits per heavy atom. The van der Waals surface area contributed by atoms with E-state index in [1.165, 1.54) is 23.5 Å². The molecule has 1 heterocycles. The molecule has 0 spiro atoms. The monoisotopic (exact) mass is 332 g/mol. The van der Waals surface area contributed by atoms with Crippen LogP contribution in [0.5, 0.6) is 0 Å². The van der Waals surface area contributed by atoms with Gasteiger partial charge in [0.2, 0.25) is 0 Å². The predicted octanol–water partition coefficient (Wildman–Crippen LogP) is 3.93. The number of aliphatic hydroxyl groups excluding tert-OH is 1. The number of rotatable bonds is 4. The summed E-state index contributed by atoms with van der Waals surface area (Å²) in [7, 11) is 0. The molecule has 2 rings (SSSR count). The Morgan fingerprint density at radius 2 is 1.94 bits per heavy atom. The van der Waals surface area contributed by atoms with Crippen LogP contribution in [0.15, 0.2) is 34.1 Å². The Balaban J connectivity index is 2.03. The Labute approximate surface area is 116 Å². The van der Waals surface area contributed by atoms with E-state index < -0.39 is 17.7 Å². The van der Waals surface area contributed by atoms with Crippen molar-refractivity contribution in [2.75, 3.05) is 0 Å². The smallest absolute Gasteiger partial charge is 0.162 e. The van der Waals surface area contributed by atoms with Crippen LogP contribution < -0.4 is 0 Å². The van der Waals surface area contributed by atoms with Gasteiger partial charge in [-0.15, -0.1) is 11.3 Å². The van der Waals surface area contributed by atoms with Crippen molar-refractivity contribution in [1.82, 2.24) is 0 Å². The second-order valence-electron chi connectivity index (χ2n) is 3.98. The molecule has 1 aromatic heterocycles. The number of benzene rings is 1. The summed E-state index contributed by atoms with van der Waals surface area (Å²) < 4.78 is 27.4. The maximum atomic E-state index is 13.4. The van der Waals surface area contributed by atoms with Gasteiger partial charge in [-0.25, -0.2) is 8.78 Å². The summed E-state index contributed by atoms with van der Waals surface area (Å²) in [4.78, 5) is 1.01. The van der Waals surface area contributed by atoms with E-state index in [4.69, 9.17) is 0 Å². The molecule has 0 fully saturated rings. The molecule has 1 aromatic carbocycles. The topological polar surface area (TPSA) is 20.2 Å². The van der Waals surface area contributed by atoms with E-state index in [1.807, 2.05) is 12.1 Å². The minimum absolute atomic E-state index is 0.110. The van der Waals surface area contributed by atoms with Crippen LogP contribution in [0.1, 0.15) is 10.4 Å². The molecule has 0 bridgehead atoms. The third kappa shape index (κ3) is 3.37. The fraction of sp³-hybridized carbons (Fsp3) is 0.231. The largest absolute Gasteiger partial charge is 0.392 e. The first-order chi connectivity index (χ1) is 8.56. The van der Waals surface area contributed by atoms with Crippen molar-refractivity contribution in [2.24, 2.45) is 0 Å². The highest BCUT2D eigenvalue weighted by atomic mass is 79.9. The lowest BCUT2D eigenvalue weighted by molar-refractivity contribution is 0.175. The van der Waals surface area contributed by atoms with Crippen LogP contribution in [0.3, 0.4) is 0 Å². The van der Waals surface area contributed by atoms with Crippen LogP contribution in [0, 0.1) is 11.6 Å². The SMILES string of the molecule is OC(Cc1ccc(Br)s1)Cc1cccc(F)c1F. The van der Waals surface area contributed by atoms with Crippen molar-refractivity contribution < 1.29 is 13.9 Å². The zero-order valence-electron chi connectivity index (χ0n) is 9.37. The molecule has 0 aliphatic rings.